The standard InChI is InChI=1S/C23H25N3O3/c1-4-25(14-18-10-11-21-22(12-18)29-15-28-21)23(27)13-20-16(2)24-26(17(20)3)19-8-6-5-7-9-19/h5-12H,4,13-15H2,1-3H3. The molecule has 0 radical (unpaired) electrons. The van der Waals surface area contributed by atoms with Gasteiger partial charge in [-0.25, -0.2) is 4.68 Å². The van der Waals surface area contributed by atoms with Crippen molar-refractivity contribution in [2.75, 3.05) is 13.3 Å². The number of rotatable bonds is 6. The summed E-state index contributed by atoms with van der Waals surface area (Å²) in [6.45, 7) is 7.40. The summed E-state index contributed by atoms with van der Waals surface area (Å²) in [6, 6.07) is 15.8. The van der Waals surface area contributed by atoms with Crippen LogP contribution in [0.1, 0.15) is 29.4 Å². The number of carbonyl (C=O) groups is 1. The average molecular weight is 391 g/mol. The Bertz CT molecular complexity index is 1030. The molecular formula is C23H25N3O3. The molecule has 29 heavy (non-hydrogen) atoms. The number of fused-ring (bicyclic) bond motifs is 1. The van der Waals surface area contributed by atoms with Gasteiger partial charge < -0.3 is 14.4 Å². The molecule has 1 aromatic heterocycles. The molecule has 1 amide bonds. The van der Waals surface area contributed by atoms with Crippen molar-refractivity contribution in [1.29, 1.82) is 0 Å². The van der Waals surface area contributed by atoms with Gasteiger partial charge in [-0.15, -0.1) is 0 Å². The van der Waals surface area contributed by atoms with Crippen LogP contribution in [0.2, 0.25) is 0 Å². The predicted octanol–water partition coefficient (Wildman–Crippen LogP) is 3.81. The van der Waals surface area contributed by atoms with Crippen molar-refractivity contribution >= 4 is 5.91 Å². The minimum atomic E-state index is 0.0870. The SMILES string of the molecule is CCN(Cc1ccc2c(c1)OCO2)C(=O)Cc1c(C)nn(-c2ccccc2)c1C. The Morgan fingerprint density at radius 2 is 1.86 bits per heavy atom. The zero-order valence-corrected chi connectivity index (χ0v) is 17.0. The lowest BCUT2D eigenvalue weighted by Crippen LogP contribution is -2.31. The Balaban J connectivity index is 1.51. The van der Waals surface area contributed by atoms with Crippen molar-refractivity contribution in [3.05, 3.63) is 71.0 Å². The predicted molar refractivity (Wildman–Crippen MR) is 110 cm³/mol. The molecular weight excluding hydrogens is 366 g/mol. The number of hydrogen-bond donors (Lipinski definition) is 0. The number of nitrogens with zero attached hydrogens (tertiary/aromatic N) is 3. The number of amides is 1. The summed E-state index contributed by atoms with van der Waals surface area (Å²) in [6.07, 6.45) is 0.336. The van der Waals surface area contributed by atoms with E-state index in [0.29, 0.717) is 19.5 Å². The van der Waals surface area contributed by atoms with E-state index in [-0.39, 0.29) is 12.7 Å². The van der Waals surface area contributed by atoms with E-state index in [1.807, 2.05) is 78.9 Å². The molecule has 0 aliphatic carbocycles. The summed E-state index contributed by atoms with van der Waals surface area (Å²) in [7, 11) is 0. The summed E-state index contributed by atoms with van der Waals surface area (Å²) in [4.78, 5) is 14.9. The van der Waals surface area contributed by atoms with E-state index in [2.05, 4.69) is 5.10 Å². The molecule has 0 saturated heterocycles. The Hall–Kier alpha value is -3.28. The van der Waals surface area contributed by atoms with Gasteiger partial charge in [0.2, 0.25) is 12.7 Å². The number of likely N-dealkylation sites (N-methyl/N-ethyl adjacent to an activating group) is 1. The first kappa shape index (κ1) is 19.1. The highest BCUT2D eigenvalue weighted by Crippen LogP contribution is 2.32. The third kappa shape index (κ3) is 3.83. The quantitative estimate of drug-likeness (QED) is 0.641. The Morgan fingerprint density at radius 1 is 1.10 bits per heavy atom. The maximum absolute atomic E-state index is 13.1. The molecule has 0 fully saturated rings. The van der Waals surface area contributed by atoms with Crippen LogP contribution < -0.4 is 9.47 Å². The van der Waals surface area contributed by atoms with E-state index < -0.39 is 0 Å². The normalized spacial score (nSPS) is 12.2. The second kappa shape index (κ2) is 7.99. The van der Waals surface area contributed by atoms with E-state index in [1.165, 1.54) is 0 Å². The molecule has 150 valence electrons. The lowest BCUT2D eigenvalue weighted by atomic mass is 10.1. The maximum Gasteiger partial charge on any atom is 0.231 e. The molecule has 0 saturated carbocycles. The minimum Gasteiger partial charge on any atom is -0.454 e. The number of ether oxygens (including phenoxy) is 2. The van der Waals surface area contributed by atoms with E-state index in [9.17, 15) is 4.79 Å². The van der Waals surface area contributed by atoms with E-state index in [4.69, 9.17) is 9.47 Å². The van der Waals surface area contributed by atoms with E-state index in [0.717, 1.165) is 39.7 Å². The van der Waals surface area contributed by atoms with Crippen LogP contribution >= 0.6 is 0 Å². The molecule has 2 aromatic carbocycles. The fraction of sp³-hybridized carbons (Fsp3) is 0.304. The zero-order chi connectivity index (χ0) is 20.4. The van der Waals surface area contributed by atoms with Crippen LogP contribution in [-0.2, 0) is 17.8 Å². The first-order valence-electron chi connectivity index (χ1n) is 9.83. The van der Waals surface area contributed by atoms with Crippen LogP contribution in [0.3, 0.4) is 0 Å². The van der Waals surface area contributed by atoms with Crippen molar-refractivity contribution in [2.24, 2.45) is 0 Å². The molecule has 0 bridgehead atoms. The molecule has 0 spiro atoms. The van der Waals surface area contributed by atoms with E-state index >= 15 is 0 Å². The molecule has 1 aliphatic rings. The van der Waals surface area contributed by atoms with Gasteiger partial charge in [-0.05, 0) is 50.6 Å². The number of carbonyl (C=O) groups excluding carboxylic acids is 1. The van der Waals surface area contributed by atoms with Gasteiger partial charge in [-0.1, -0.05) is 24.3 Å². The Morgan fingerprint density at radius 3 is 2.62 bits per heavy atom. The fourth-order valence-corrected chi connectivity index (χ4v) is 3.65. The molecule has 0 atom stereocenters. The number of aryl methyl sites for hydroxylation is 1. The van der Waals surface area contributed by atoms with Gasteiger partial charge in [-0.2, -0.15) is 5.10 Å². The van der Waals surface area contributed by atoms with Crippen molar-refractivity contribution in [2.45, 2.75) is 33.7 Å². The van der Waals surface area contributed by atoms with Gasteiger partial charge in [0, 0.05) is 24.3 Å². The summed E-state index contributed by atoms with van der Waals surface area (Å²) < 4.78 is 12.7. The molecule has 2 heterocycles. The van der Waals surface area contributed by atoms with Crippen LogP contribution in [-0.4, -0.2) is 33.9 Å². The lowest BCUT2D eigenvalue weighted by Gasteiger charge is -2.21. The molecule has 6 heteroatoms. The van der Waals surface area contributed by atoms with Crippen LogP contribution in [0, 0.1) is 13.8 Å². The molecule has 0 unspecified atom stereocenters. The van der Waals surface area contributed by atoms with Crippen LogP contribution in [0.25, 0.3) is 5.69 Å². The van der Waals surface area contributed by atoms with Crippen molar-refractivity contribution in [3.63, 3.8) is 0 Å². The largest absolute Gasteiger partial charge is 0.454 e. The molecule has 1 aliphatic heterocycles. The Kier molecular flexibility index (Phi) is 5.25. The van der Waals surface area contributed by atoms with Gasteiger partial charge >= 0.3 is 0 Å². The highest BCUT2D eigenvalue weighted by Gasteiger charge is 2.20. The van der Waals surface area contributed by atoms with Crippen LogP contribution in [0.15, 0.2) is 48.5 Å². The van der Waals surface area contributed by atoms with Gasteiger partial charge in [0.1, 0.15) is 0 Å². The number of hydrogen-bond acceptors (Lipinski definition) is 4. The monoisotopic (exact) mass is 391 g/mol. The number of benzene rings is 2. The number of aromatic nitrogens is 2. The lowest BCUT2D eigenvalue weighted by molar-refractivity contribution is -0.130. The smallest absolute Gasteiger partial charge is 0.231 e. The van der Waals surface area contributed by atoms with Gasteiger partial charge in [-0.3, -0.25) is 4.79 Å². The second-order valence-electron chi connectivity index (χ2n) is 7.17. The topological polar surface area (TPSA) is 56.6 Å². The van der Waals surface area contributed by atoms with Gasteiger partial charge in [0.05, 0.1) is 17.8 Å². The van der Waals surface area contributed by atoms with Gasteiger partial charge in [0.15, 0.2) is 11.5 Å². The fourth-order valence-electron chi connectivity index (χ4n) is 3.65. The third-order valence-corrected chi connectivity index (χ3v) is 5.31. The zero-order valence-electron chi connectivity index (χ0n) is 17.0. The summed E-state index contributed by atoms with van der Waals surface area (Å²) in [5.74, 6) is 1.58. The van der Waals surface area contributed by atoms with Crippen molar-refractivity contribution in [1.82, 2.24) is 14.7 Å². The highest BCUT2D eigenvalue weighted by atomic mass is 16.7. The van der Waals surface area contributed by atoms with Crippen molar-refractivity contribution in [3.8, 4) is 17.2 Å². The third-order valence-electron chi connectivity index (χ3n) is 5.31. The highest BCUT2D eigenvalue weighted by molar-refractivity contribution is 5.79. The van der Waals surface area contributed by atoms with Gasteiger partial charge in [0.25, 0.3) is 0 Å². The van der Waals surface area contributed by atoms with Crippen LogP contribution in [0.4, 0.5) is 0 Å². The minimum absolute atomic E-state index is 0.0870. The number of para-hydroxylation sites is 1. The van der Waals surface area contributed by atoms with Crippen LogP contribution in [0.5, 0.6) is 11.5 Å². The molecule has 0 N–H and O–H groups in total. The van der Waals surface area contributed by atoms with E-state index in [1.54, 1.807) is 0 Å². The Labute approximate surface area is 170 Å². The second-order valence-corrected chi connectivity index (χ2v) is 7.17. The first-order chi connectivity index (χ1) is 14.1. The summed E-state index contributed by atoms with van der Waals surface area (Å²) in [5.41, 5.74) is 4.90. The first-order valence-corrected chi connectivity index (χ1v) is 9.83. The summed E-state index contributed by atoms with van der Waals surface area (Å²) >= 11 is 0. The average Bonchev–Trinajstić information content (AvgIpc) is 3.31. The summed E-state index contributed by atoms with van der Waals surface area (Å²) in [5, 5.41) is 4.66. The van der Waals surface area contributed by atoms with Crippen molar-refractivity contribution < 1.29 is 14.3 Å². The molecule has 4 rings (SSSR count). The maximum atomic E-state index is 13.1. The molecule has 6 nitrogen and oxygen atoms in total. The molecule has 3 aromatic rings.